The van der Waals surface area contributed by atoms with E-state index < -0.39 is 12.0 Å². The zero-order valence-corrected chi connectivity index (χ0v) is 10.1. The highest BCUT2D eigenvalue weighted by atomic mass is 16.4. The first-order valence-corrected chi connectivity index (χ1v) is 5.75. The highest BCUT2D eigenvalue weighted by Gasteiger charge is 2.27. The molecule has 0 unspecified atom stereocenters. The Bertz CT molecular complexity index is 737. The highest BCUT2D eigenvalue weighted by molar-refractivity contribution is 6.07. The molecule has 102 valence electrons. The molecule has 2 aromatic rings. The maximum Gasteiger partial charge on any atom is 0.352 e. The van der Waals surface area contributed by atoms with Gasteiger partial charge in [-0.3, -0.25) is 19.4 Å². The molecule has 20 heavy (non-hydrogen) atoms. The second-order valence-corrected chi connectivity index (χ2v) is 4.19. The zero-order chi connectivity index (χ0) is 14.3. The van der Waals surface area contributed by atoms with Crippen molar-refractivity contribution in [1.82, 2.24) is 19.9 Å². The number of rotatable bonds is 2. The topological polar surface area (TPSA) is 117 Å². The standard InChI is InChI=1S/C11H9N5O4/c17-8-3-4-15(11(20)13-8)6-1-2-7(10(18)19)16-5-12-14-9(6)16/h1-2,5H,3-4H2,(H,18,19)(H,13,17,20). The van der Waals surface area contributed by atoms with Crippen LogP contribution in [0.15, 0.2) is 18.5 Å². The van der Waals surface area contributed by atoms with Crippen LogP contribution in [0.25, 0.3) is 5.65 Å². The minimum atomic E-state index is -1.13. The van der Waals surface area contributed by atoms with Crippen LogP contribution in [0.1, 0.15) is 16.9 Å². The fourth-order valence-corrected chi connectivity index (χ4v) is 2.08. The number of anilines is 1. The smallest absolute Gasteiger partial charge is 0.352 e. The van der Waals surface area contributed by atoms with Gasteiger partial charge < -0.3 is 5.11 Å². The minimum Gasteiger partial charge on any atom is -0.477 e. The van der Waals surface area contributed by atoms with E-state index in [2.05, 4.69) is 15.5 Å². The number of carboxylic acid groups (broad SMARTS) is 1. The van der Waals surface area contributed by atoms with Crippen LogP contribution in [0.2, 0.25) is 0 Å². The maximum absolute atomic E-state index is 11.8. The average Bonchev–Trinajstić information content (AvgIpc) is 2.87. The number of carboxylic acids is 1. The van der Waals surface area contributed by atoms with E-state index in [0.29, 0.717) is 5.69 Å². The van der Waals surface area contributed by atoms with Crippen LogP contribution in [-0.4, -0.2) is 44.2 Å². The van der Waals surface area contributed by atoms with Gasteiger partial charge in [-0.05, 0) is 12.1 Å². The van der Waals surface area contributed by atoms with Gasteiger partial charge in [-0.2, -0.15) is 0 Å². The number of nitrogens with one attached hydrogen (secondary N) is 1. The quantitative estimate of drug-likeness (QED) is 0.788. The van der Waals surface area contributed by atoms with Gasteiger partial charge in [-0.1, -0.05) is 0 Å². The lowest BCUT2D eigenvalue weighted by Gasteiger charge is -2.26. The Morgan fingerprint density at radius 1 is 1.35 bits per heavy atom. The predicted molar refractivity (Wildman–Crippen MR) is 65.4 cm³/mol. The summed E-state index contributed by atoms with van der Waals surface area (Å²) in [4.78, 5) is 35.4. The van der Waals surface area contributed by atoms with Gasteiger partial charge in [0.05, 0.1) is 5.69 Å². The molecule has 9 nitrogen and oxygen atoms in total. The molecule has 0 aromatic carbocycles. The summed E-state index contributed by atoms with van der Waals surface area (Å²) in [6.07, 6.45) is 1.43. The molecule has 3 rings (SSSR count). The third-order valence-electron chi connectivity index (χ3n) is 3.00. The lowest BCUT2D eigenvalue weighted by molar-refractivity contribution is -0.120. The second kappa shape index (κ2) is 4.30. The van der Waals surface area contributed by atoms with Gasteiger partial charge in [0, 0.05) is 13.0 Å². The number of urea groups is 1. The van der Waals surface area contributed by atoms with E-state index in [-0.39, 0.29) is 30.2 Å². The summed E-state index contributed by atoms with van der Waals surface area (Å²) in [6, 6.07) is 2.27. The van der Waals surface area contributed by atoms with Gasteiger partial charge >= 0.3 is 12.0 Å². The second-order valence-electron chi connectivity index (χ2n) is 4.19. The number of aromatic nitrogens is 3. The van der Waals surface area contributed by atoms with E-state index in [4.69, 9.17) is 5.11 Å². The van der Waals surface area contributed by atoms with Crippen molar-refractivity contribution in [2.75, 3.05) is 11.4 Å². The molecule has 1 saturated heterocycles. The number of imide groups is 1. The molecular formula is C11H9N5O4. The van der Waals surface area contributed by atoms with Gasteiger partial charge in [0.15, 0.2) is 5.65 Å². The number of hydrogen-bond acceptors (Lipinski definition) is 5. The van der Waals surface area contributed by atoms with Gasteiger partial charge in [-0.15, -0.1) is 10.2 Å². The van der Waals surface area contributed by atoms with Crippen molar-refractivity contribution in [2.24, 2.45) is 0 Å². The Balaban J connectivity index is 2.11. The lowest BCUT2D eigenvalue weighted by Crippen LogP contribution is -2.49. The van der Waals surface area contributed by atoms with E-state index in [9.17, 15) is 14.4 Å². The summed E-state index contributed by atoms with van der Waals surface area (Å²) in [7, 11) is 0. The fourth-order valence-electron chi connectivity index (χ4n) is 2.08. The molecule has 2 aromatic heterocycles. The summed E-state index contributed by atoms with van der Waals surface area (Å²) in [6.45, 7) is 0.208. The van der Waals surface area contributed by atoms with E-state index >= 15 is 0 Å². The molecule has 1 fully saturated rings. The highest BCUT2D eigenvalue weighted by Crippen LogP contribution is 2.23. The van der Waals surface area contributed by atoms with Gasteiger partial charge in [0.1, 0.15) is 12.0 Å². The summed E-state index contributed by atoms with van der Waals surface area (Å²) in [5.74, 6) is -1.47. The third-order valence-corrected chi connectivity index (χ3v) is 3.00. The SMILES string of the molecule is O=C1CCN(c2ccc(C(=O)O)n3cnnc23)C(=O)N1. The molecule has 0 saturated carbocycles. The van der Waals surface area contributed by atoms with Crippen molar-refractivity contribution in [3.63, 3.8) is 0 Å². The summed E-state index contributed by atoms with van der Waals surface area (Å²) >= 11 is 0. The number of aromatic carboxylic acids is 1. The largest absolute Gasteiger partial charge is 0.477 e. The van der Waals surface area contributed by atoms with Crippen molar-refractivity contribution >= 4 is 29.2 Å². The molecule has 0 bridgehead atoms. The van der Waals surface area contributed by atoms with E-state index in [1.165, 1.54) is 27.8 Å². The van der Waals surface area contributed by atoms with Crippen molar-refractivity contribution in [2.45, 2.75) is 6.42 Å². The molecular weight excluding hydrogens is 266 g/mol. The number of fused-ring (bicyclic) bond motifs is 1. The molecule has 0 spiro atoms. The molecule has 2 N–H and O–H groups in total. The van der Waals surface area contributed by atoms with E-state index in [1.54, 1.807) is 0 Å². The molecule has 1 aliphatic rings. The van der Waals surface area contributed by atoms with Gasteiger partial charge in [0.2, 0.25) is 5.91 Å². The first-order valence-electron chi connectivity index (χ1n) is 5.75. The monoisotopic (exact) mass is 275 g/mol. The molecule has 0 aliphatic carbocycles. The number of amides is 3. The average molecular weight is 275 g/mol. The summed E-state index contributed by atoms with van der Waals surface area (Å²) in [5, 5.41) is 18.8. The summed E-state index contributed by atoms with van der Waals surface area (Å²) < 4.78 is 1.28. The fraction of sp³-hybridized carbons (Fsp3) is 0.182. The van der Waals surface area contributed by atoms with Crippen LogP contribution < -0.4 is 10.2 Å². The number of carbonyl (C=O) groups is 3. The number of nitrogens with zero attached hydrogens (tertiary/aromatic N) is 4. The molecule has 3 amide bonds. The number of pyridine rings is 1. The third kappa shape index (κ3) is 1.76. The van der Waals surface area contributed by atoms with Gasteiger partial charge in [0.25, 0.3) is 0 Å². The van der Waals surface area contributed by atoms with E-state index in [0.717, 1.165) is 0 Å². The molecule has 0 radical (unpaired) electrons. The molecule has 0 atom stereocenters. The van der Waals surface area contributed by atoms with Crippen LogP contribution in [0.5, 0.6) is 0 Å². The zero-order valence-electron chi connectivity index (χ0n) is 10.1. The Kier molecular flexibility index (Phi) is 2.60. The van der Waals surface area contributed by atoms with Crippen molar-refractivity contribution < 1.29 is 19.5 Å². The van der Waals surface area contributed by atoms with Crippen molar-refractivity contribution in [3.8, 4) is 0 Å². The van der Waals surface area contributed by atoms with Crippen LogP contribution in [0.4, 0.5) is 10.5 Å². The Morgan fingerprint density at radius 3 is 2.85 bits per heavy atom. The van der Waals surface area contributed by atoms with Crippen LogP contribution in [-0.2, 0) is 4.79 Å². The first-order chi connectivity index (χ1) is 9.58. The normalized spacial score (nSPS) is 15.5. The Hall–Kier alpha value is -2.97. The van der Waals surface area contributed by atoms with Crippen LogP contribution in [0, 0.1) is 0 Å². The van der Waals surface area contributed by atoms with Crippen molar-refractivity contribution in [1.29, 1.82) is 0 Å². The Morgan fingerprint density at radius 2 is 2.15 bits per heavy atom. The molecule has 9 heteroatoms. The minimum absolute atomic E-state index is 0.0118. The Labute approximate surface area is 111 Å². The van der Waals surface area contributed by atoms with Crippen LogP contribution >= 0.6 is 0 Å². The molecule has 1 aliphatic heterocycles. The van der Waals surface area contributed by atoms with Gasteiger partial charge in [-0.25, -0.2) is 9.59 Å². The summed E-state index contributed by atoms with van der Waals surface area (Å²) in [5.41, 5.74) is 0.633. The predicted octanol–water partition coefficient (Wildman–Crippen LogP) is -0.126. The number of carbonyl (C=O) groups excluding carboxylic acids is 2. The van der Waals surface area contributed by atoms with Crippen LogP contribution in [0.3, 0.4) is 0 Å². The first kappa shape index (κ1) is 12.1. The number of hydrogen-bond donors (Lipinski definition) is 2. The van der Waals surface area contributed by atoms with Crippen molar-refractivity contribution in [3.05, 3.63) is 24.2 Å². The molecule has 3 heterocycles. The maximum atomic E-state index is 11.8. The van der Waals surface area contributed by atoms with E-state index in [1.807, 2.05) is 0 Å². The lowest BCUT2D eigenvalue weighted by atomic mass is 10.2.